The van der Waals surface area contributed by atoms with Gasteiger partial charge in [0.1, 0.15) is 0 Å². The maximum absolute atomic E-state index is 4.70. The van der Waals surface area contributed by atoms with Gasteiger partial charge in [-0.1, -0.05) is 25.7 Å². The highest BCUT2D eigenvalue weighted by Crippen LogP contribution is 2.36. The molecule has 0 radical (unpaired) electrons. The quantitative estimate of drug-likeness (QED) is 0.611. The van der Waals surface area contributed by atoms with Crippen molar-refractivity contribution in [1.29, 1.82) is 0 Å². The molecule has 0 bridgehead atoms. The monoisotopic (exact) mass is 284 g/mol. The molecule has 1 atom stereocenters. The van der Waals surface area contributed by atoms with Gasteiger partial charge >= 0.3 is 0 Å². The molecule has 0 aromatic heterocycles. The molecular formula is C16H32N2S. The third-order valence-electron chi connectivity index (χ3n) is 5.30. The predicted molar refractivity (Wildman–Crippen MR) is 87.1 cm³/mol. The van der Waals surface area contributed by atoms with Crippen LogP contribution in [0.5, 0.6) is 0 Å². The summed E-state index contributed by atoms with van der Waals surface area (Å²) in [5.41, 5.74) is 0.492. The molecule has 1 saturated heterocycles. The number of nitrogens with zero attached hydrogens (tertiary/aromatic N) is 2. The van der Waals surface area contributed by atoms with Crippen molar-refractivity contribution in [3.8, 4) is 0 Å². The number of likely N-dealkylation sites (tertiary alicyclic amines) is 1. The Balaban J connectivity index is 1.86. The lowest BCUT2D eigenvalue weighted by Crippen LogP contribution is -2.43. The first-order chi connectivity index (χ1) is 9.15. The van der Waals surface area contributed by atoms with Crippen LogP contribution in [0.3, 0.4) is 0 Å². The zero-order valence-electron chi connectivity index (χ0n) is 12.9. The summed E-state index contributed by atoms with van der Waals surface area (Å²) in [4.78, 5) is 5.13. The molecule has 1 aliphatic heterocycles. The number of hydrogen-bond acceptors (Lipinski definition) is 3. The van der Waals surface area contributed by atoms with Crippen molar-refractivity contribution in [2.75, 3.05) is 39.5 Å². The molecule has 1 heterocycles. The summed E-state index contributed by atoms with van der Waals surface area (Å²) in [5, 5.41) is 0. The van der Waals surface area contributed by atoms with Crippen molar-refractivity contribution in [2.24, 2.45) is 5.41 Å². The van der Waals surface area contributed by atoms with Gasteiger partial charge in [0.25, 0.3) is 0 Å². The fourth-order valence-corrected chi connectivity index (χ4v) is 4.47. The van der Waals surface area contributed by atoms with E-state index >= 15 is 0 Å². The summed E-state index contributed by atoms with van der Waals surface area (Å²) in [6, 6.07) is 0.785. The van der Waals surface area contributed by atoms with Crippen molar-refractivity contribution >= 4 is 12.6 Å². The van der Waals surface area contributed by atoms with Crippen LogP contribution < -0.4 is 0 Å². The van der Waals surface area contributed by atoms with E-state index < -0.39 is 0 Å². The first kappa shape index (κ1) is 15.7. The molecule has 1 unspecified atom stereocenters. The van der Waals surface area contributed by atoms with E-state index in [4.69, 9.17) is 12.6 Å². The summed E-state index contributed by atoms with van der Waals surface area (Å²) >= 11 is 4.70. The molecule has 2 aliphatic rings. The lowest BCUT2D eigenvalue weighted by molar-refractivity contribution is 0.145. The Morgan fingerprint density at radius 2 is 1.84 bits per heavy atom. The van der Waals surface area contributed by atoms with Crippen LogP contribution in [-0.4, -0.2) is 55.3 Å². The highest BCUT2D eigenvalue weighted by atomic mass is 32.1. The smallest absolute Gasteiger partial charge is 0.0220 e. The molecule has 0 N–H and O–H groups in total. The summed E-state index contributed by atoms with van der Waals surface area (Å²) in [6.45, 7) is 3.78. The van der Waals surface area contributed by atoms with E-state index in [-0.39, 0.29) is 0 Å². The lowest BCUT2D eigenvalue weighted by atomic mass is 9.81. The fourth-order valence-electron chi connectivity index (χ4n) is 4.05. The van der Waals surface area contributed by atoms with Gasteiger partial charge in [0.2, 0.25) is 0 Å². The summed E-state index contributed by atoms with van der Waals surface area (Å²) in [6.07, 6.45) is 11.2. The second-order valence-electron chi connectivity index (χ2n) is 7.05. The number of thiol groups is 1. The van der Waals surface area contributed by atoms with Crippen LogP contribution in [-0.2, 0) is 0 Å². The molecule has 2 rings (SSSR count). The van der Waals surface area contributed by atoms with E-state index in [1.807, 2.05) is 0 Å². The highest BCUT2D eigenvalue weighted by molar-refractivity contribution is 7.80. The van der Waals surface area contributed by atoms with Crippen LogP contribution >= 0.6 is 12.6 Å². The summed E-state index contributed by atoms with van der Waals surface area (Å²) < 4.78 is 0. The van der Waals surface area contributed by atoms with Crippen LogP contribution in [0.25, 0.3) is 0 Å². The maximum atomic E-state index is 4.70. The normalized spacial score (nSPS) is 28.7. The van der Waals surface area contributed by atoms with Crippen molar-refractivity contribution < 1.29 is 0 Å². The topological polar surface area (TPSA) is 6.48 Å². The molecule has 3 heteroatoms. The average Bonchev–Trinajstić information content (AvgIpc) is 2.66. The van der Waals surface area contributed by atoms with Gasteiger partial charge in [-0.15, -0.1) is 0 Å². The van der Waals surface area contributed by atoms with Gasteiger partial charge in [-0.2, -0.15) is 12.6 Å². The third kappa shape index (κ3) is 4.37. The Bertz CT molecular complexity index is 261. The zero-order valence-corrected chi connectivity index (χ0v) is 13.8. The second kappa shape index (κ2) is 7.33. The number of likely N-dealkylation sites (N-methyl/N-ethyl adjacent to an activating group) is 2. The first-order valence-corrected chi connectivity index (χ1v) is 8.78. The summed E-state index contributed by atoms with van der Waals surface area (Å²) in [7, 11) is 4.60. The Morgan fingerprint density at radius 1 is 1.16 bits per heavy atom. The third-order valence-corrected chi connectivity index (χ3v) is 5.97. The van der Waals surface area contributed by atoms with Gasteiger partial charge in [-0.3, -0.25) is 0 Å². The molecule has 0 spiro atoms. The lowest BCUT2D eigenvalue weighted by Gasteiger charge is -2.37. The van der Waals surface area contributed by atoms with Gasteiger partial charge in [-0.05, 0) is 57.5 Å². The molecule has 2 nitrogen and oxygen atoms in total. The Labute approximate surface area is 125 Å². The van der Waals surface area contributed by atoms with E-state index in [2.05, 4.69) is 23.9 Å². The van der Waals surface area contributed by atoms with Gasteiger partial charge < -0.3 is 9.80 Å². The van der Waals surface area contributed by atoms with Crippen molar-refractivity contribution in [3.63, 3.8) is 0 Å². The van der Waals surface area contributed by atoms with Crippen LogP contribution in [0.1, 0.15) is 51.4 Å². The minimum atomic E-state index is 0.492. The van der Waals surface area contributed by atoms with Crippen LogP contribution in [0.15, 0.2) is 0 Å². The van der Waals surface area contributed by atoms with Crippen molar-refractivity contribution in [1.82, 2.24) is 9.80 Å². The van der Waals surface area contributed by atoms with Gasteiger partial charge in [0, 0.05) is 19.1 Å². The highest BCUT2D eigenvalue weighted by Gasteiger charge is 2.32. The van der Waals surface area contributed by atoms with Crippen LogP contribution in [0.4, 0.5) is 0 Å². The molecule has 19 heavy (non-hydrogen) atoms. The van der Waals surface area contributed by atoms with Crippen molar-refractivity contribution in [2.45, 2.75) is 57.4 Å². The molecule has 1 saturated carbocycles. The molecule has 0 aromatic carbocycles. The van der Waals surface area contributed by atoms with E-state index in [1.54, 1.807) is 0 Å². The first-order valence-electron chi connectivity index (χ1n) is 8.15. The zero-order chi connectivity index (χ0) is 13.7. The minimum absolute atomic E-state index is 0.492. The van der Waals surface area contributed by atoms with Crippen LogP contribution in [0, 0.1) is 5.41 Å². The Morgan fingerprint density at radius 3 is 2.37 bits per heavy atom. The predicted octanol–water partition coefficient (Wildman–Crippen LogP) is 3.28. The molecule has 2 fully saturated rings. The number of hydrogen-bond donors (Lipinski definition) is 1. The Hall–Kier alpha value is 0.270. The summed E-state index contributed by atoms with van der Waals surface area (Å²) in [5.74, 6) is 1.07. The van der Waals surface area contributed by atoms with E-state index in [9.17, 15) is 0 Å². The fraction of sp³-hybridized carbons (Fsp3) is 1.00. The van der Waals surface area contributed by atoms with E-state index in [1.165, 1.54) is 71.0 Å². The van der Waals surface area contributed by atoms with Gasteiger partial charge in [-0.25, -0.2) is 0 Å². The van der Waals surface area contributed by atoms with Crippen LogP contribution in [0.2, 0.25) is 0 Å². The SMILES string of the molecule is CN(CC1CCCN1C)CC1(CS)CCCCCC1. The molecule has 112 valence electrons. The molecule has 0 aromatic rings. The molecular weight excluding hydrogens is 252 g/mol. The Kier molecular flexibility index (Phi) is 6.04. The largest absolute Gasteiger partial charge is 0.304 e. The van der Waals surface area contributed by atoms with Gasteiger partial charge in [0.05, 0.1) is 0 Å². The van der Waals surface area contributed by atoms with E-state index in [0.717, 1.165) is 11.8 Å². The molecule has 1 aliphatic carbocycles. The minimum Gasteiger partial charge on any atom is -0.304 e. The average molecular weight is 285 g/mol. The van der Waals surface area contributed by atoms with E-state index in [0.29, 0.717) is 5.41 Å². The maximum Gasteiger partial charge on any atom is 0.0220 e. The standard InChI is InChI=1S/C16H32N2S/c1-17(12-15-8-7-11-18(15)2)13-16(14-19)9-5-3-4-6-10-16/h15,19H,3-14H2,1-2H3. The van der Waals surface area contributed by atoms with Crippen molar-refractivity contribution in [3.05, 3.63) is 0 Å². The second-order valence-corrected chi connectivity index (χ2v) is 7.36. The van der Waals surface area contributed by atoms with Gasteiger partial charge in [0.15, 0.2) is 0 Å². The number of rotatable bonds is 5. The molecule has 0 amide bonds.